The summed E-state index contributed by atoms with van der Waals surface area (Å²) in [5.41, 5.74) is 1.79. The van der Waals surface area contributed by atoms with Crippen molar-refractivity contribution in [3.05, 3.63) is 65.1 Å². The number of piperidine rings is 1. The van der Waals surface area contributed by atoms with Gasteiger partial charge in [0.15, 0.2) is 0 Å². The summed E-state index contributed by atoms with van der Waals surface area (Å²) < 4.78 is 20.9. The Hall–Kier alpha value is -2.72. The number of aromatic nitrogens is 2. The summed E-state index contributed by atoms with van der Waals surface area (Å²) in [6.07, 6.45) is 6.22. The molecule has 1 saturated heterocycles. The number of ether oxygens (including phenoxy) is 1. The fourth-order valence-corrected chi connectivity index (χ4v) is 4.82. The Bertz CT molecular complexity index is 1170. The number of pyridine rings is 2. The topological polar surface area (TPSA) is 58.5 Å². The molecular weight excluding hydrogens is 453 g/mol. The van der Waals surface area contributed by atoms with Crippen LogP contribution >= 0.6 is 11.6 Å². The maximum atomic E-state index is 15.6. The number of methoxy groups -OCH3 is 1. The summed E-state index contributed by atoms with van der Waals surface area (Å²) >= 11 is 6.38. The average Bonchev–Trinajstić information content (AvgIpc) is 2.88. The number of benzene rings is 1. The lowest BCUT2D eigenvalue weighted by atomic mass is 9.74. The summed E-state index contributed by atoms with van der Waals surface area (Å²) in [4.78, 5) is 10.6. The van der Waals surface area contributed by atoms with Crippen LogP contribution in [0.4, 0.5) is 4.39 Å². The first-order valence-electron chi connectivity index (χ1n) is 11.5. The van der Waals surface area contributed by atoms with Crippen molar-refractivity contribution in [2.45, 2.75) is 31.9 Å². The van der Waals surface area contributed by atoms with Gasteiger partial charge >= 0.3 is 0 Å². The van der Waals surface area contributed by atoms with Gasteiger partial charge in [-0.05, 0) is 74.5 Å². The van der Waals surface area contributed by atoms with Crippen LogP contribution in [0.5, 0.6) is 5.75 Å². The quantitative estimate of drug-likeness (QED) is 0.469. The molecule has 0 amide bonds. The Morgan fingerprint density at radius 3 is 2.71 bits per heavy atom. The number of alkyl halides is 1. The zero-order valence-corrected chi connectivity index (χ0v) is 20.1. The smallest absolute Gasteiger partial charge is 0.127 e. The highest BCUT2D eigenvalue weighted by molar-refractivity contribution is 6.32. The number of hydrogen-bond acceptors (Lipinski definition) is 5. The third-order valence-electron chi connectivity index (χ3n) is 6.78. The van der Waals surface area contributed by atoms with Crippen LogP contribution in [-0.4, -0.2) is 53.3 Å². The van der Waals surface area contributed by atoms with Crippen LogP contribution in [0.15, 0.2) is 48.9 Å². The standard InChI is InChI=1S/C27H29ClFN3O2/c1-34-21-4-5-25-22(17-21)26(23(28)18-31-25)24(29)6-9-27(19-33)10-15-32(16-11-27)14-2-3-20-7-12-30-13-8-20/h4-5,7-8,12-13,17-18,24,33H,6,9-11,14-16,19H2,1H3. The van der Waals surface area contributed by atoms with E-state index in [-0.39, 0.29) is 12.0 Å². The number of nitrogens with zero attached hydrogens (tertiary/aromatic N) is 3. The molecule has 0 spiro atoms. The number of aliphatic hydroxyl groups is 1. The molecule has 1 atom stereocenters. The van der Waals surface area contributed by atoms with Gasteiger partial charge in [-0.3, -0.25) is 14.9 Å². The van der Waals surface area contributed by atoms with Crippen LogP contribution < -0.4 is 4.74 Å². The largest absolute Gasteiger partial charge is 0.497 e. The zero-order chi connectivity index (χ0) is 24.0. The third-order valence-corrected chi connectivity index (χ3v) is 7.08. The first kappa shape index (κ1) is 24.4. The van der Waals surface area contributed by atoms with Gasteiger partial charge < -0.3 is 9.84 Å². The molecule has 0 radical (unpaired) electrons. The van der Waals surface area contributed by atoms with E-state index in [4.69, 9.17) is 16.3 Å². The van der Waals surface area contributed by atoms with Crippen molar-refractivity contribution in [3.63, 3.8) is 0 Å². The van der Waals surface area contributed by atoms with Crippen molar-refractivity contribution in [1.82, 2.24) is 14.9 Å². The first-order valence-corrected chi connectivity index (χ1v) is 11.9. The van der Waals surface area contributed by atoms with Gasteiger partial charge in [0.1, 0.15) is 11.9 Å². The lowest BCUT2D eigenvalue weighted by Gasteiger charge is -2.40. The zero-order valence-electron chi connectivity index (χ0n) is 19.3. The molecule has 1 unspecified atom stereocenters. The van der Waals surface area contributed by atoms with E-state index in [2.05, 4.69) is 26.7 Å². The SMILES string of the molecule is COc1ccc2ncc(Cl)c(C(F)CCC3(CO)CCN(CC#Cc4ccncc4)CC3)c2c1. The van der Waals surface area contributed by atoms with Crippen molar-refractivity contribution in [3.8, 4) is 17.6 Å². The van der Waals surface area contributed by atoms with Gasteiger partial charge in [-0.25, -0.2) is 4.39 Å². The first-order chi connectivity index (χ1) is 16.5. The monoisotopic (exact) mass is 481 g/mol. The second-order valence-corrected chi connectivity index (χ2v) is 9.29. The molecule has 2 aromatic heterocycles. The molecule has 0 bridgehead atoms. The Kier molecular flexibility index (Phi) is 7.99. The van der Waals surface area contributed by atoms with Crippen molar-refractivity contribution >= 4 is 22.5 Å². The predicted octanol–water partition coefficient (Wildman–Crippen LogP) is 5.21. The van der Waals surface area contributed by atoms with E-state index in [1.165, 1.54) is 6.20 Å². The maximum Gasteiger partial charge on any atom is 0.127 e. The molecule has 1 N–H and O–H groups in total. The molecule has 178 valence electrons. The summed E-state index contributed by atoms with van der Waals surface area (Å²) in [5.74, 6) is 7.01. The molecule has 7 heteroatoms. The highest BCUT2D eigenvalue weighted by Gasteiger charge is 2.35. The van der Waals surface area contributed by atoms with Gasteiger partial charge in [0.25, 0.3) is 0 Å². The van der Waals surface area contributed by atoms with E-state index in [1.807, 2.05) is 18.2 Å². The van der Waals surface area contributed by atoms with Crippen molar-refractivity contribution in [2.75, 3.05) is 33.4 Å². The fourth-order valence-electron chi connectivity index (χ4n) is 4.55. The Labute approximate surface area is 204 Å². The van der Waals surface area contributed by atoms with Gasteiger partial charge in [-0.1, -0.05) is 23.4 Å². The normalized spacial score (nSPS) is 16.6. The van der Waals surface area contributed by atoms with Gasteiger partial charge in [-0.15, -0.1) is 0 Å². The van der Waals surface area contributed by atoms with E-state index in [1.54, 1.807) is 31.6 Å². The molecule has 0 aliphatic carbocycles. The van der Waals surface area contributed by atoms with Crippen LogP contribution in [0, 0.1) is 17.3 Å². The lowest BCUT2D eigenvalue weighted by Crippen LogP contribution is -2.42. The second kappa shape index (κ2) is 11.1. The number of likely N-dealkylation sites (tertiary alicyclic amines) is 1. The van der Waals surface area contributed by atoms with E-state index < -0.39 is 6.17 Å². The van der Waals surface area contributed by atoms with Crippen LogP contribution in [0.25, 0.3) is 10.9 Å². The van der Waals surface area contributed by atoms with Crippen molar-refractivity contribution < 1.29 is 14.2 Å². The summed E-state index contributed by atoms with van der Waals surface area (Å²) in [6.45, 7) is 2.39. The number of fused-ring (bicyclic) bond motifs is 1. The molecule has 1 aliphatic heterocycles. The van der Waals surface area contributed by atoms with Gasteiger partial charge in [-0.2, -0.15) is 0 Å². The number of hydrogen-bond donors (Lipinski definition) is 1. The van der Waals surface area contributed by atoms with E-state index in [0.29, 0.717) is 46.6 Å². The number of halogens is 2. The fraction of sp³-hybridized carbons (Fsp3) is 0.407. The number of aliphatic hydroxyl groups excluding tert-OH is 1. The minimum Gasteiger partial charge on any atom is -0.497 e. The van der Waals surface area contributed by atoms with Crippen LogP contribution in [-0.2, 0) is 0 Å². The lowest BCUT2D eigenvalue weighted by molar-refractivity contribution is 0.0344. The summed E-state index contributed by atoms with van der Waals surface area (Å²) in [6, 6.07) is 9.17. The average molecular weight is 482 g/mol. The van der Waals surface area contributed by atoms with E-state index in [9.17, 15) is 5.11 Å². The van der Waals surface area contributed by atoms with E-state index >= 15 is 4.39 Å². The van der Waals surface area contributed by atoms with Crippen LogP contribution in [0.1, 0.15) is 43.0 Å². The molecule has 1 aliphatic rings. The van der Waals surface area contributed by atoms with Gasteiger partial charge in [0.2, 0.25) is 0 Å². The second-order valence-electron chi connectivity index (χ2n) is 8.88. The Balaban J connectivity index is 1.38. The molecule has 3 heterocycles. The molecule has 4 rings (SSSR count). The summed E-state index contributed by atoms with van der Waals surface area (Å²) in [5, 5.41) is 11.2. The molecule has 1 fully saturated rings. The van der Waals surface area contributed by atoms with E-state index in [0.717, 1.165) is 31.5 Å². The predicted molar refractivity (Wildman–Crippen MR) is 133 cm³/mol. The molecule has 5 nitrogen and oxygen atoms in total. The van der Waals surface area contributed by atoms with Gasteiger partial charge in [0.05, 0.1) is 24.2 Å². The molecule has 1 aromatic carbocycles. The highest BCUT2D eigenvalue weighted by atomic mass is 35.5. The molecule has 3 aromatic rings. The molecule has 0 saturated carbocycles. The Morgan fingerprint density at radius 2 is 2.00 bits per heavy atom. The number of rotatable bonds is 7. The highest BCUT2D eigenvalue weighted by Crippen LogP contribution is 2.41. The van der Waals surface area contributed by atoms with Crippen LogP contribution in [0.3, 0.4) is 0 Å². The third kappa shape index (κ3) is 5.67. The molecule has 34 heavy (non-hydrogen) atoms. The minimum atomic E-state index is -1.25. The summed E-state index contributed by atoms with van der Waals surface area (Å²) in [7, 11) is 1.58. The van der Waals surface area contributed by atoms with Crippen molar-refractivity contribution in [1.29, 1.82) is 0 Å². The van der Waals surface area contributed by atoms with Crippen LogP contribution in [0.2, 0.25) is 5.02 Å². The van der Waals surface area contributed by atoms with Crippen molar-refractivity contribution in [2.24, 2.45) is 5.41 Å². The Morgan fingerprint density at radius 1 is 1.24 bits per heavy atom. The minimum absolute atomic E-state index is 0.0505. The molecular formula is C27H29ClFN3O2. The maximum absolute atomic E-state index is 15.6. The van der Waals surface area contributed by atoms with Gasteiger partial charge in [0, 0.05) is 41.7 Å².